The maximum absolute atomic E-state index is 12.7. The fraction of sp³-hybridized carbons (Fsp3) is 0.292. The number of anilines is 1. The molecular weight excluding hydrogens is 440 g/mol. The van der Waals surface area contributed by atoms with Gasteiger partial charge in [-0.1, -0.05) is 12.1 Å². The third-order valence-electron chi connectivity index (χ3n) is 6.08. The molecule has 0 aliphatic carbocycles. The monoisotopic (exact) mass is 464 g/mol. The van der Waals surface area contributed by atoms with Gasteiger partial charge in [-0.15, -0.1) is 0 Å². The van der Waals surface area contributed by atoms with Crippen molar-refractivity contribution in [3.8, 4) is 11.5 Å². The van der Waals surface area contributed by atoms with Crippen molar-refractivity contribution in [3.63, 3.8) is 0 Å². The zero-order valence-electron chi connectivity index (χ0n) is 18.4. The molecule has 0 bridgehead atoms. The minimum absolute atomic E-state index is 0.104. The van der Waals surface area contributed by atoms with E-state index in [-0.39, 0.29) is 29.9 Å². The summed E-state index contributed by atoms with van der Waals surface area (Å²) in [6, 6.07) is 14.8. The van der Waals surface area contributed by atoms with Gasteiger partial charge in [0.05, 0.1) is 29.7 Å². The molecule has 1 N–H and O–H groups in total. The Labute approximate surface area is 191 Å². The Morgan fingerprint density at radius 2 is 1.91 bits per heavy atom. The molecule has 33 heavy (non-hydrogen) atoms. The average Bonchev–Trinajstić information content (AvgIpc) is 3.45. The van der Waals surface area contributed by atoms with E-state index in [1.807, 2.05) is 62.4 Å². The Morgan fingerprint density at radius 3 is 2.61 bits per heavy atom. The van der Waals surface area contributed by atoms with Crippen LogP contribution in [-0.2, 0) is 21.1 Å². The topological polar surface area (TPSA) is 107 Å². The van der Waals surface area contributed by atoms with Gasteiger partial charge in [-0.2, -0.15) is 5.10 Å². The number of carbonyl (C=O) groups is 1. The predicted molar refractivity (Wildman–Crippen MR) is 126 cm³/mol. The fourth-order valence-corrected chi connectivity index (χ4v) is 6.03. The van der Waals surface area contributed by atoms with E-state index in [0.717, 1.165) is 33.6 Å². The van der Waals surface area contributed by atoms with Gasteiger partial charge in [-0.05, 0) is 56.7 Å². The molecule has 8 nitrogen and oxygen atoms in total. The van der Waals surface area contributed by atoms with Crippen molar-refractivity contribution in [1.82, 2.24) is 14.8 Å². The summed E-state index contributed by atoms with van der Waals surface area (Å²) in [7, 11) is -3.01. The van der Waals surface area contributed by atoms with Gasteiger partial charge in [0.15, 0.2) is 15.4 Å². The summed E-state index contributed by atoms with van der Waals surface area (Å²) < 4.78 is 31.3. The molecule has 0 saturated carbocycles. The number of para-hydroxylation sites is 2. The largest absolute Gasteiger partial charge is 0.436 e. The second kappa shape index (κ2) is 8.15. The van der Waals surface area contributed by atoms with Crippen LogP contribution in [0.15, 0.2) is 52.9 Å². The minimum Gasteiger partial charge on any atom is -0.436 e. The van der Waals surface area contributed by atoms with E-state index in [9.17, 15) is 13.2 Å². The van der Waals surface area contributed by atoms with E-state index in [4.69, 9.17) is 4.42 Å². The van der Waals surface area contributed by atoms with Crippen LogP contribution in [0.3, 0.4) is 0 Å². The van der Waals surface area contributed by atoms with Gasteiger partial charge in [0.1, 0.15) is 5.52 Å². The van der Waals surface area contributed by atoms with E-state index < -0.39 is 9.84 Å². The molecule has 3 heterocycles. The number of carbonyl (C=O) groups excluding carboxylic acids is 1. The zero-order chi connectivity index (χ0) is 23.2. The van der Waals surface area contributed by atoms with Crippen LogP contribution in [0, 0.1) is 13.8 Å². The summed E-state index contributed by atoms with van der Waals surface area (Å²) >= 11 is 0. The summed E-state index contributed by atoms with van der Waals surface area (Å²) in [5, 5.41) is 7.45. The van der Waals surface area contributed by atoms with Crippen molar-refractivity contribution < 1.29 is 17.6 Å². The molecule has 2 aromatic heterocycles. The third-order valence-corrected chi connectivity index (χ3v) is 7.83. The van der Waals surface area contributed by atoms with Gasteiger partial charge in [-0.3, -0.25) is 9.48 Å². The Morgan fingerprint density at radius 1 is 1.15 bits per heavy atom. The number of amides is 1. The highest BCUT2D eigenvalue weighted by Crippen LogP contribution is 2.28. The molecular formula is C24H24N4O4S. The molecule has 1 unspecified atom stereocenters. The van der Waals surface area contributed by atoms with E-state index in [2.05, 4.69) is 15.4 Å². The molecule has 0 spiro atoms. The van der Waals surface area contributed by atoms with E-state index in [1.165, 1.54) is 0 Å². The molecule has 4 aromatic rings. The van der Waals surface area contributed by atoms with E-state index in [1.54, 1.807) is 4.68 Å². The van der Waals surface area contributed by atoms with Gasteiger partial charge in [0.2, 0.25) is 11.8 Å². The highest BCUT2D eigenvalue weighted by Gasteiger charge is 2.31. The number of aromatic nitrogens is 3. The molecule has 1 aliphatic heterocycles. The summed E-state index contributed by atoms with van der Waals surface area (Å²) in [5.41, 5.74) is 5.44. The van der Waals surface area contributed by atoms with Crippen molar-refractivity contribution in [2.45, 2.75) is 32.7 Å². The number of nitrogens with one attached hydrogen (secondary N) is 1. The standard InChI is InChI=1S/C24H24N4O4S/c1-15-20(16(2)28(27-15)19-11-12-33(30,31)14-19)13-23(29)25-18-9-7-17(8-10-18)24-26-21-5-3-4-6-22(21)32-24/h3-10,19H,11-14H2,1-2H3,(H,25,29). The lowest BCUT2D eigenvalue weighted by Crippen LogP contribution is -2.16. The highest BCUT2D eigenvalue weighted by molar-refractivity contribution is 7.91. The van der Waals surface area contributed by atoms with Crippen molar-refractivity contribution in [3.05, 3.63) is 65.5 Å². The maximum Gasteiger partial charge on any atom is 0.228 e. The molecule has 5 rings (SSSR count). The zero-order valence-corrected chi connectivity index (χ0v) is 19.2. The van der Waals surface area contributed by atoms with Crippen LogP contribution in [0.1, 0.15) is 29.4 Å². The summed E-state index contributed by atoms with van der Waals surface area (Å²) in [5.74, 6) is 0.661. The first-order valence-corrected chi connectivity index (χ1v) is 12.6. The SMILES string of the molecule is Cc1nn(C2CCS(=O)(=O)C2)c(C)c1CC(=O)Nc1ccc(-c2nc3ccccc3o2)cc1. The molecule has 0 radical (unpaired) electrons. The van der Waals surface area contributed by atoms with Crippen molar-refractivity contribution in [1.29, 1.82) is 0 Å². The first-order chi connectivity index (χ1) is 15.8. The quantitative estimate of drug-likeness (QED) is 0.481. The van der Waals surface area contributed by atoms with Crippen LogP contribution in [-0.4, -0.2) is 40.6 Å². The lowest BCUT2D eigenvalue weighted by Gasteiger charge is -2.11. The fourth-order valence-electron chi connectivity index (χ4n) is 4.33. The highest BCUT2D eigenvalue weighted by atomic mass is 32.2. The summed E-state index contributed by atoms with van der Waals surface area (Å²) in [4.78, 5) is 17.2. The van der Waals surface area contributed by atoms with Crippen molar-refractivity contribution in [2.24, 2.45) is 0 Å². The minimum atomic E-state index is -3.01. The number of sulfone groups is 1. The number of benzene rings is 2. The van der Waals surface area contributed by atoms with E-state index >= 15 is 0 Å². The normalized spacial score (nSPS) is 17.5. The average molecular weight is 465 g/mol. The third kappa shape index (κ3) is 4.28. The first-order valence-electron chi connectivity index (χ1n) is 10.8. The van der Waals surface area contributed by atoms with Gasteiger partial charge in [0.25, 0.3) is 0 Å². The Hall–Kier alpha value is -3.46. The number of hydrogen-bond acceptors (Lipinski definition) is 6. The molecule has 1 atom stereocenters. The molecule has 1 aliphatic rings. The second-order valence-electron chi connectivity index (χ2n) is 8.44. The molecule has 1 amide bonds. The molecule has 2 aromatic carbocycles. The second-order valence-corrected chi connectivity index (χ2v) is 10.7. The lowest BCUT2D eigenvalue weighted by molar-refractivity contribution is -0.115. The van der Waals surface area contributed by atoms with Gasteiger partial charge in [0, 0.05) is 22.5 Å². The molecule has 170 valence electrons. The van der Waals surface area contributed by atoms with Gasteiger partial charge in [-0.25, -0.2) is 13.4 Å². The number of rotatable bonds is 5. The number of oxazole rings is 1. The Kier molecular flexibility index (Phi) is 5.28. The lowest BCUT2D eigenvalue weighted by atomic mass is 10.1. The number of fused-ring (bicyclic) bond motifs is 1. The summed E-state index contributed by atoms with van der Waals surface area (Å²) in [6.07, 6.45) is 0.729. The number of aryl methyl sites for hydroxylation is 1. The van der Waals surface area contributed by atoms with Crippen LogP contribution in [0.4, 0.5) is 5.69 Å². The maximum atomic E-state index is 12.7. The van der Waals surface area contributed by atoms with Crippen LogP contribution >= 0.6 is 0 Å². The number of nitrogens with zero attached hydrogens (tertiary/aromatic N) is 3. The van der Waals surface area contributed by atoms with Crippen molar-refractivity contribution >= 4 is 32.5 Å². The van der Waals surface area contributed by atoms with Crippen LogP contribution in [0.25, 0.3) is 22.6 Å². The molecule has 1 saturated heterocycles. The van der Waals surface area contributed by atoms with Crippen molar-refractivity contribution in [2.75, 3.05) is 16.8 Å². The molecule has 1 fully saturated rings. The summed E-state index contributed by atoms with van der Waals surface area (Å²) in [6.45, 7) is 3.74. The molecule has 9 heteroatoms. The number of hydrogen-bond donors (Lipinski definition) is 1. The Balaban J connectivity index is 1.28. The predicted octanol–water partition coefficient (Wildman–Crippen LogP) is 3.85. The van der Waals surface area contributed by atoms with E-state index in [0.29, 0.717) is 18.0 Å². The van der Waals surface area contributed by atoms with Crippen LogP contribution in [0.5, 0.6) is 0 Å². The first kappa shape index (κ1) is 21.4. The smallest absolute Gasteiger partial charge is 0.228 e. The van der Waals surface area contributed by atoms with Gasteiger partial charge < -0.3 is 9.73 Å². The van der Waals surface area contributed by atoms with Gasteiger partial charge >= 0.3 is 0 Å². The van der Waals surface area contributed by atoms with Crippen LogP contribution < -0.4 is 5.32 Å². The van der Waals surface area contributed by atoms with Crippen LogP contribution in [0.2, 0.25) is 0 Å². The Bertz CT molecular complexity index is 1420.